The molecule has 7 heteroatoms. The fourth-order valence-electron chi connectivity index (χ4n) is 4.12. The van der Waals surface area contributed by atoms with E-state index in [2.05, 4.69) is 35.0 Å². The highest BCUT2D eigenvalue weighted by atomic mass is 32.2. The quantitative estimate of drug-likeness (QED) is 0.651. The predicted molar refractivity (Wildman–Crippen MR) is 117 cm³/mol. The highest BCUT2D eigenvalue weighted by molar-refractivity contribution is 7.89. The second-order valence-corrected chi connectivity index (χ2v) is 9.68. The maximum Gasteiger partial charge on any atom is 0.293 e. The average molecular weight is 422 g/mol. The van der Waals surface area contributed by atoms with Crippen LogP contribution < -0.4 is 9.88 Å². The van der Waals surface area contributed by atoms with E-state index in [9.17, 15) is 13.7 Å². The zero-order valence-corrected chi connectivity index (χ0v) is 18.0. The molecule has 1 N–H and O–H groups in total. The second-order valence-electron chi connectivity index (χ2n) is 7.74. The van der Waals surface area contributed by atoms with Gasteiger partial charge in [0.15, 0.2) is 0 Å². The molecule has 0 amide bonds. The Morgan fingerprint density at radius 3 is 2.50 bits per heavy atom. The van der Waals surface area contributed by atoms with Crippen molar-refractivity contribution in [3.63, 3.8) is 0 Å². The number of aromatic nitrogens is 1. The van der Waals surface area contributed by atoms with Crippen LogP contribution in [0.3, 0.4) is 0 Å². The van der Waals surface area contributed by atoms with Crippen molar-refractivity contribution in [2.24, 2.45) is 0 Å². The summed E-state index contributed by atoms with van der Waals surface area (Å²) in [4.78, 5) is 5.86. The van der Waals surface area contributed by atoms with E-state index >= 15 is 0 Å². The predicted octanol–water partition coefficient (Wildman–Crippen LogP) is 3.04. The van der Waals surface area contributed by atoms with Gasteiger partial charge < -0.3 is 0 Å². The fourth-order valence-corrected chi connectivity index (χ4v) is 5.61. The molecule has 4 rings (SSSR count). The lowest BCUT2D eigenvalue weighted by molar-refractivity contribution is -0.330. The van der Waals surface area contributed by atoms with Gasteiger partial charge in [-0.1, -0.05) is 24.3 Å². The zero-order valence-electron chi connectivity index (χ0n) is 17.2. The summed E-state index contributed by atoms with van der Waals surface area (Å²) in [6.45, 7) is 6.14. The number of aromatic amines is 1. The van der Waals surface area contributed by atoms with Crippen LogP contribution in [0, 0.1) is 25.2 Å². The number of anilines is 1. The van der Waals surface area contributed by atoms with Crippen molar-refractivity contribution in [3.8, 4) is 6.07 Å². The van der Waals surface area contributed by atoms with Gasteiger partial charge in [0, 0.05) is 11.9 Å². The maximum absolute atomic E-state index is 13.0. The topological polar surface area (TPSA) is 78.5 Å². The molecule has 0 unspecified atom stereocenters. The number of nitrogens with one attached hydrogen (secondary N) is 1. The van der Waals surface area contributed by atoms with Crippen LogP contribution in [-0.4, -0.2) is 38.9 Å². The Labute approximate surface area is 177 Å². The Morgan fingerprint density at radius 2 is 1.77 bits per heavy atom. The number of benzene rings is 2. The molecule has 0 aliphatic carbocycles. The van der Waals surface area contributed by atoms with E-state index < -0.39 is 10.0 Å². The zero-order chi connectivity index (χ0) is 21.3. The lowest BCUT2D eigenvalue weighted by atomic mass is 10.0. The Bertz CT molecular complexity index is 1230. The van der Waals surface area contributed by atoms with Crippen LogP contribution in [0.15, 0.2) is 53.4 Å². The first-order valence-corrected chi connectivity index (χ1v) is 11.5. The minimum atomic E-state index is -3.52. The van der Waals surface area contributed by atoms with Crippen LogP contribution in [0.25, 0.3) is 10.9 Å². The van der Waals surface area contributed by atoms with Gasteiger partial charge in [0.05, 0.1) is 24.5 Å². The van der Waals surface area contributed by atoms with Crippen molar-refractivity contribution < 1.29 is 13.4 Å². The summed E-state index contributed by atoms with van der Waals surface area (Å²) in [5.74, 6) is 0.758. The molecule has 154 valence electrons. The van der Waals surface area contributed by atoms with Crippen molar-refractivity contribution in [3.05, 3.63) is 65.2 Å². The van der Waals surface area contributed by atoms with E-state index in [0.29, 0.717) is 43.1 Å². The van der Waals surface area contributed by atoms with E-state index in [0.717, 1.165) is 27.8 Å². The molecule has 0 radical (unpaired) electrons. The summed E-state index contributed by atoms with van der Waals surface area (Å²) in [6.07, 6.45) is 0.690. The molecule has 6 nitrogen and oxygen atoms in total. The second kappa shape index (κ2) is 8.05. The van der Waals surface area contributed by atoms with Gasteiger partial charge in [-0.25, -0.2) is 13.4 Å². The highest BCUT2D eigenvalue weighted by Crippen LogP contribution is 2.25. The number of H-pyrrole nitrogens is 1. The third-order valence-electron chi connectivity index (χ3n) is 5.60. The van der Waals surface area contributed by atoms with E-state index in [-0.39, 0.29) is 0 Å². The molecule has 0 bridgehead atoms. The molecule has 0 spiro atoms. The van der Waals surface area contributed by atoms with Crippen molar-refractivity contribution in [2.45, 2.75) is 25.2 Å². The van der Waals surface area contributed by atoms with Crippen LogP contribution >= 0.6 is 0 Å². The monoisotopic (exact) mass is 421 g/mol. The molecule has 0 atom stereocenters. The lowest BCUT2D eigenvalue weighted by Gasteiger charge is -2.19. The van der Waals surface area contributed by atoms with Crippen molar-refractivity contribution in [1.82, 2.24) is 4.31 Å². The van der Waals surface area contributed by atoms with Crippen LogP contribution in [0.2, 0.25) is 0 Å². The Balaban J connectivity index is 1.65. The molecule has 30 heavy (non-hydrogen) atoms. The molecule has 1 saturated heterocycles. The number of rotatable bonds is 3. The minimum Gasteiger partial charge on any atom is -0.259 e. The van der Waals surface area contributed by atoms with Gasteiger partial charge in [0.25, 0.3) is 5.82 Å². The fraction of sp³-hybridized carbons (Fsp3) is 0.304. The van der Waals surface area contributed by atoms with E-state index in [1.54, 1.807) is 28.6 Å². The van der Waals surface area contributed by atoms with Gasteiger partial charge in [-0.2, -0.15) is 9.57 Å². The largest absolute Gasteiger partial charge is 0.293 e. The van der Waals surface area contributed by atoms with Crippen molar-refractivity contribution >= 4 is 26.7 Å². The highest BCUT2D eigenvalue weighted by Gasteiger charge is 2.31. The molecule has 1 aromatic heterocycles. The summed E-state index contributed by atoms with van der Waals surface area (Å²) in [7, 11) is -3.52. The third kappa shape index (κ3) is 3.76. The average Bonchev–Trinajstić information content (AvgIpc) is 3.00. The smallest absolute Gasteiger partial charge is 0.259 e. The van der Waals surface area contributed by atoms with Crippen LogP contribution in [0.1, 0.15) is 23.1 Å². The number of fused-ring (bicyclic) bond motifs is 1. The number of pyridine rings is 1. The van der Waals surface area contributed by atoms with E-state index in [1.165, 1.54) is 0 Å². The van der Waals surface area contributed by atoms with Gasteiger partial charge >= 0.3 is 0 Å². The normalized spacial score (nSPS) is 15.7. The summed E-state index contributed by atoms with van der Waals surface area (Å²) in [5.41, 5.74) is 3.84. The van der Waals surface area contributed by atoms with E-state index in [1.807, 2.05) is 19.1 Å². The van der Waals surface area contributed by atoms with Gasteiger partial charge in [0.1, 0.15) is 17.1 Å². The Kier molecular flexibility index (Phi) is 5.46. The molecule has 3 aromatic rings. The van der Waals surface area contributed by atoms with Crippen LogP contribution in [0.4, 0.5) is 5.82 Å². The van der Waals surface area contributed by atoms with Crippen LogP contribution in [0.5, 0.6) is 0 Å². The van der Waals surface area contributed by atoms with Crippen LogP contribution in [-0.2, 0) is 10.0 Å². The standard InChI is InChI=1S/C23H24N4O2S/c1-17-13-18(2)21-15-19(16-24)23(25-22(21)14-17)26-9-6-10-27(12-11-26)30(28,29)20-7-4-3-5-8-20/h3-5,7-8,13-15H,6,9-12H2,1-2H3/p+1. The number of hydrogen-bond acceptors (Lipinski definition) is 4. The summed E-state index contributed by atoms with van der Waals surface area (Å²) in [6, 6.07) is 17.0. The van der Waals surface area contributed by atoms with Crippen molar-refractivity contribution in [1.29, 1.82) is 5.26 Å². The third-order valence-corrected chi connectivity index (χ3v) is 7.51. The van der Waals surface area contributed by atoms with Gasteiger partial charge in [-0.3, -0.25) is 4.90 Å². The molecule has 2 aromatic carbocycles. The molecular formula is C23H25N4O2S+. The van der Waals surface area contributed by atoms with Gasteiger partial charge in [-0.15, -0.1) is 0 Å². The molecule has 1 aliphatic rings. The Morgan fingerprint density at radius 1 is 1.00 bits per heavy atom. The Hall–Kier alpha value is -2.95. The molecule has 2 heterocycles. The summed E-state index contributed by atoms with van der Waals surface area (Å²) < 4.78 is 27.6. The lowest BCUT2D eigenvalue weighted by Crippen LogP contribution is -2.37. The molecule has 0 saturated carbocycles. The number of aryl methyl sites for hydroxylation is 2. The first kappa shape index (κ1) is 20.3. The molecular weight excluding hydrogens is 396 g/mol. The molecule has 1 fully saturated rings. The van der Waals surface area contributed by atoms with Gasteiger partial charge in [-0.05, 0) is 55.7 Å². The van der Waals surface area contributed by atoms with Crippen molar-refractivity contribution in [2.75, 3.05) is 31.1 Å². The van der Waals surface area contributed by atoms with E-state index in [4.69, 9.17) is 0 Å². The number of sulfonamides is 1. The first-order valence-electron chi connectivity index (χ1n) is 10.1. The molecule has 1 aliphatic heterocycles. The first-order chi connectivity index (χ1) is 14.4. The SMILES string of the molecule is Cc1cc(C)c2cc(C#N)c(N3CCCN(S(=O)(=O)c4ccccc4)CC3)[nH+]c2c1. The minimum absolute atomic E-state index is 0.319. The number of nitrogens with zero attached hydrogens (tertiary/aromatic N) is 3. The number of hydrogen-bond donors (Lipinski definition) is 0. The van der Waals surface area contributed by atoms with Gasteiger partial charge in [0.2, 0.25) is 10.0 Å². The maximum atomic E-state index is 13.0. The summed E-state index contributed by atoms with van der Waals surface area (Å²) in [5, 5.41) is 10.8. The summed E-state index contributed by atoms with van der Waals surface area (Å²) >= 11 is 0. The number of nitriles is 1.